The molecule has 0 aromatic carbocycles. The van der Waals surface area contributed by atoms with Crippen LogP contribution in [0.25, 0.3) is 0 Å². The molecule has 0 saturated heterocycles. The maximum atomic E-state index is 12.0. The van der Waals surface area contributed by atoms with E-state index in [1.165, 1.54) is 5.57 Å². The summed E-state index contributed by atoms with van der Waals surface area (Å²) in [5.74, 6) is 0.360. The number of rotatable bonds is 18. The van der Waals surface area contributed by atoms with E-state index in [1.807, 2.05) is 19.9 Å². The van der Waals surface area contributed by atoms with Crippen molar-refractivity contribution < 1.29 is 9.59 Å². The molecule has 35 heavy (non-hydrogen) atoms. The molecule has 0 rings (SSSR count). The van der Waals surface area contributed by atoms with Crippen LogP contribution < -0.4 is 5.32 Å². The number of carbonyl (C=O) groups excluding carboxylic acids is 2. The van der Waals surface area contributed by atoms with E-state index in [0.717, 1.165) is 38.5 Å². The van der Waals surface area contributed by atoms with Crippen LogP contribution in [0, 0.1) is 5.92 Å². The first-order valence-corrected chi connectivity index (χ1v) is 13.6. The summed E-state index contributed by atoms with van der Waals surface area (Å²) in [5, 5.41) is 2.85. The molecule has 1 unspecified atom stereocenters. The summed E-state index contributed by atoms with van der Waals surface area (Å²) in [6, 6.07) is -0.355. The first-order chi connectivity index (χ1) is 16.9. The molecule has 0 aromatic rings. The zero-order valence-electron chi connectivity index (χ0n) is 23.7. The molecule has 0 fully saturated rings. The van der Waals surface area contributed by atoms with Gasteiger partial charge < -0.3 is 5.32 Å². The van der Waals surface area contributed by atoms with Gasteiger partial charge in [-0.25, -0.2) is 0 Å². The number of allylic oxidation sites excluding steroid dienone is 12. The summed E-state index contributed by atoms with van der Waals surface area (Å²) in [5.41, 5.74) is 1.42. The van der Waals surface area contributed by atoms with Crippen molar-refractivity contribution in [3.05, 3.63) is 72.4 Å². The second-order valence-corrected chi connectivity index (χ2v) is 8.86. The lowest BCUT2D eigenvalue weighted by Gasteiger charge is -2.17. The van der Waals surface area contributed by atoms with E-state index in [1.54, 1.807) is 6.92 Å². The molecule has 0 bridgehead atoms. The fourth-order valence-corrected chi connectivity index (χ4v) is 3.09. The predicted octanol–water partition coefficient (Wildman–Crippen LogP) is 9.00. The van der Waals surface area contributed by atoms with Gasteiger partial charge in [0.05, 0.1) is 6.04 Å². The number of carbonyl (C=O) groups is 2. The summed E-state index contributed by atoms with van der Waals surface area (Å²) in [7, 11) is 0. The number of ketones is 1. The molecule has 1 atom stereocenters. The van der Waals surface area contributed by atoms with E-state index in [0.29, 0.717) is 25.2 Å². The van der Waals surface area contributed by atoms with Gasteiger partial charge >= 0.3 is 0 Å². The molecule has 0 saturated carbocycles. The molecule has 3 nitrogen and oxygen atoms in total. The first kappa shape index (κ1) is 34.7. The third-order valence-electron chi connectivity index (χ3n) is 5.00. The maximum absolute atomic E-state index is 12.0. The SMILES string of the molecule is CC.CC/C=C\C/C=C(/C)C/C=C\C/C=C\C/C=C\C/C=C\CCC(=O)NC(CC(C)C)C(C)=O. The number of nitrogens with one attached hydrogen (secondary N) is 1. The van der Waals surface area contributed by atoms with Gasteiger partial charge in [0.1, 0.15) is 0 Å². The van der Waals surface area contributed by atoms with Crippen molar-refractivity contribution in [3.63, 3.8) is 0 Å². The largest absolute Gasteiger partial charge is 0.346 e. The van der Waals surface area contributed by atoms with Crippen LogP contribution in [0.4, 0.5) is 0 Å². The Bertz CT molecular complexity index is 705. The van der Waals surface area contributed by atoms with Gasteiger partial charge in [0, 0.05) is 6.42 Å². The molecule has 0 heterocycles. The molecule has 1 amide bonds. The Hall–Kier alpha value is -2.42. The van der Waals surface area contributed by atoms with E-state index in [2.05, 4.69) is 93.8 Å². The van der Waals surface area contributed by atoms with E-state index in [-0.39, 0.29) is 17.7 Å². The minimum absolute atomic E-state index is 0.0288. The van der Waals surface area contributed by atoms with Gasteiger partial charge in [0.2, 0.25) is 5.91 Å². The van der Waals surface area contributed by atoms with Crippen molar-refractivity contribution in [1.82, 2.24) is 5.32 Å². The molecule has 0 aliphatic carbocycles. The molecule has 0 aromatic heterocycles. The average Bonchev–Trinajstić information content (AvgIpc) is 2.82. The minimum atomic E-state index is -0.355. The van der Waals surface area contributed by atoms with E-state index >= 15 is 0 Å². The lowest BCUT2D eigenvalue weighted by molar-refractivity contribution is -0.127. The van der Waals surface area contributed by atoms with Crippen LogP contribution in [0.5, 0.6) is 0 Å². The summed E-state index contributed by atoms with van der Waals surface area (Å²) >= 11 is 0. The zero-order chi connectivity index (χ0) is 26.7. The highest BCUT2D eigenvalue weighted by Crippen LogP contribution is 2.07. The molecular weight excluding hydrogens is 430 g/mol. The number of Topliss-reactive ketones (excluding diaryl/α,β-unsaturated/α-hetero) is 1. The van der Waals surface area contributed by atoms with Gasteiger partial charge in [-0.15, -0.1) is 0 Å². The van der Waals surface area contributed by atoms with E-state index in [9.17, 15) is 9.59 Å². The van der Waals surface area contributed by atoms with Crippen LogP contribution in [0.15, 0.2) is 72.4 Å². The Balaban J connectivity index is 0. The lowest BCUT2D eigenvalue weighted by Crippen LogP contribution is -2.40. The van der Waals surface area contributed by atoms with Gasteiger partial charge in [-0.3, -0.25) is 9.59 Å². The fourth-order valence-electron chi connectivity index (χ4n) is 3.09. The smallest absolute Gasteiger partial charge is 0.220 e. The molecule has 0 aliphatic rings. The van der Waals surface area contributed by atoms with Gasteiger partial charge in [0.25, 0.3) is 0 Å². The standard InChI is InChI=1S/C30H47NO2.C2H6/c1-6-7-8-19-22-27(4)23-20-17-15-13-11-9-10-12-14-16-18-21-24-30(33)31-29(28(5)32)25-26(2)3;1-2/h7-8,10-13,16-18,20,22,26,29H,6,9,14-15,19,21,23-25H2,1-5H3,(H,31,33);1-2H3/b8-7-,12-10-,13-11-,18-16-,20-17-,27-22-;. The maximum Gasteiger partial charge on any atom is 0.220 e. The monoisotopic (exact) mass is 483 g/mol. The molecule has 198 valence electrons. The second-order valence-electron chi connectivity index (χ2n) is 8.86. The summed E-state index contributed by atoms with van der Waals surface area (Å²) in [6.45, 7) is 14.0. The number of hydrogen-bond acceptors (Lipinski definition) is 2. The van der Waals surface area contributed by atoms with Gasteiger partial charge in [-0.05, 0) is 71.1 Å². The Morgan fingerprint density at radius 2 is 1.26 bits per heavy atom. The Morgan fingerprint density at radius 1 is 0.743 bits per heavy atom. The summed E-state index contributed by atoms with van der Waals surface area (Å²) in [4.78, 5) is 23.6. The Kier molecular flexibility index (Phi) is 26.0. The van der Waals surface area contributed by atoms with Gasteiger partial charge in [-0.1, -0.05) is 107 Å². The summed E-state index contributed by atoms with van der Waals surface area (Å²) < 4.78 is 0. The topological polar surface area (TPSA) is 46.2 Å². The molecule has 3 heteroatoms. The van der Waals surface area contributed by atoms with E-state index in [4.69, 9.17) is 0 Å². The Morgan fingerprint density at radius 3 is 1.77 bits per heavy atom. The van der Waals surface area contributed by atoms with Crippen LogP contribution in [-0.4, -0.2) is 17.7 Å². The van der Waals surface area contributed by atoms with Crippen molar-refractivity contribution in [2.24, 2.45) is 5.92 Å². The van der Waals surface area contributed by atoms with Crippen LogP contribution in [-0.2, 0) is 9.59 Å². The minimum Gasteiger partial charge on any atom is -0.346 e. The van der Waals surface area contributed by atoms with Crippen LogP contribution in [0.3, 0.4) is 0 Å². The molecule has 0 spiro atoms. The average molecular weight is 484 g/mol. The van der Waals surface area contributed by atoms with Crippen LogP contribution >= 0.6 is 0 Å². The lowest BCUT2D eigenvalue weighted by atomic mass is 10.0. The number of amides is 1. The highest BCUT2D eigenvalue weighted by Gasteiger charge is 2.17. The highest BCUT2D eigenvalue weighted by molar-refractivity contribution is 5.87. The van der Waals surface area contributed by atoms with Gasteiger partial charge in [0.15, 0.2) is 5.78 Å². The van der Waals surface area contributed by atoms with Crippen LogP contribution in [0.2, 0.25) is 0 Å². The Labute approximate surface area is 217 Å². The van der Waals surface area contributed by atoms with Crippen molar-refractivity contribution in [1.29, 1.82) is 0 Å². The second kappa shape index (κ2) is 26.2. The molecule has 0 aliphatic heterocycles. The van der Waals surface area contributed by atoms with Gasteiger partial charge in [-0.2, -0.15) is 0 Å². The third kappa shape index (κ3) is 26.0. The zero-order valence-corrected chi connectivity index (χ0v) is 23.7. The third-order valence-corrected chi connectivity index (χ3v) is 5.00. The summed E-state index contributed by atoms with van der Waals surface area (Å²) in [6.07, 6.45) is 31.8. The van der Waals surface area contributed by atoms with Crippen molar-refractivity contribution in [3.8, 4) is 0 Å². The van der Waals surface area contributed by atoms with Crippen molar-refractivity contribution in [2.45, 2.75) is 112 Å². The normalized spacial score (nSPS) is 13.4. The first-order valence-electron chi connectivity index (χ1n) is 13.6. The quantitative estimate of drug-likeness (QED) is 0.198. The van der Waals surface area contributed by atoms with Crippen molar-refractivity contribution in [2.75, 3.05) is 0 Å². The van der Waals surface area contributed by atoms with E-state index < -0.39 is 0 Å². The van der Waals surface area contributed by atoms with Crippen molar-refractivity contribution >= 4 is 11.7 Å². The fraction of sp³-hybridized carbons (Fsp3) is 0.562. The molecular formula is C32H53NO2. The number of hydrogen-bond donors (Lipinski definition) is 1. The molecule has 0 radical (unpaired) electrons. The van der Waals surface area contributed by atoms with Crippen LogP contribution in [0.1, 0.15) is 106 Å². The molecule has 1 N–H and O–H groups in total. The predicted molar refractivity (Wildman–Crippen MR) is 155 cm³/mol. The highest BCUT2D eigenvalue weighted by atomic mass is 16.2.